The molecule has 33 heavy (non-hydrogen) atoms. The highest BCUT2D eigenvalue weighted by atomic mass is 16.5. The Kier molecular flexibility index (Phi) is 6.62. The van der Waals surface area contributed by atoms with Gasteiger partial charge in [0.05, 0.1) is 24.3 Å². The van der Waals surface area contributed by atoms with E-state index in [0.29, 0.717) is 34.2 Å². The molecule has 1 saturated heterocycles. The van der Waals surface area contributed by atoms with Crippen LogP contribution in [0.15, 0.2) is 45.6 Å². The lowest BCUT2D eigenvalue weighted by molar-refractivity contribution is 0.0383. The van der Waals surface area contributed by atoms with Gasteiger partial charge in [-0.15, -0.1) is 0 Å². The normalized spacial score (nSPS) is 14.3. The summed E-state index contributed by atoms with van der Waals surface area (Å²) in [6.07, 6.45) is 0. The standard InChI is InChI=1S/C24H25BN2O6/c1-14-17-6-7-18(28)20(22(25)29)21(17)33-24(31)19(14)15-2-4-16(5-3-15)23(30)26-8-9-27-10-12-32-13-11-27/h2-7,28H,8-13,25H2,1H3,(H,26,30). The number of hydrogen-bond donors (Lipinski definition) is 2. The number of fused-ring (bicyclic) bond motifs is 1. The van der Waals surface area contributed by atoms with E-state index in [1.807, 2.05) is 0 Å². The highest BCUT2D eigenvalue weighted by Gasteiger charge is 2.20. The van der Waals surface area contributed by atoms with Gasteiger partial charge < -0.3 is 24.4 Å². The second-order valence-electron chi connectivity index (χ2n) is 8.07. The molecule has 0 bridgehead atoms. The number of nitrogens with zero attached hydrogens (tertiary/aromatic N) is 1. The lowest BCUT2D eigenvalue weighted by atomic mass is 9.90. The molecule has 8 nitrogen and oxygen atoms in total. The molecule has 0 aliphatic carbocycles. The van der Waals surface area contributed by atoms with Crippen LogP contribution < -0.4 is 10.9 Å². The Labute approximate surface area is 191 Å². The maximum absolute atomic E-state index is 12.8. The van der Waals surface area contributed by atoms with Gasteiger partial charge in [0.2, 0.25) is 0 Å². The molecule has 1 fully saturated rings. The van der Waals surface area contributed by atoms with Gasteiger partial charge in [-0.3, -0.25) is 9.69 Å². The molecule has 0 unspecified atom stereocenters. The molecule has 0 saturated carbocycles. The fraction of sp³-hybridized carbons (Fsp3) is 0.292. The van der Waals surface area contributed by atoms with Crippen LogP contribution in [0, 0.1) is 6.92 Å². The minimum absolute atomic E-state index is 0.0108. The van der Waals surface area contributed by atoms with Crippen molar-refractivity contribution in [1.82, 2.24) is 10.2 Å². The second-order valence-corrected chi connectivity index (χ2v) is 8.07. The number of benzene rings is 2. The predicted octanol–water partition coefficient (Wildman–Crippen LogP) is 1.31. The van der Waals surface area contributed by atoms with Crippen molar-refractivity contribution in [1.29, 1.82) is 0 Å². The average Bonchev–Trinajstić information content (AvgIpc) is 2.79. The highest BCUT2D eigenvalue weighted by molar-refractivity contribution is 6.63. The summed E-state index contributed by atoms with van der Waals surface area (Å²) in [5.74, 6) is -0.409. The van der Waals surface area contributed by atoms with E-state index in [-0.39, 0.29) is 22.8 Å². The summed E-state index contributed by atoms with van der Waals surface area (Å²) in [5, 5.41) is 13.5. The lowest BCUT2D eigenvalue weighted by Crippen LogP contribution is -2.41. The maximum Gasteiger partial charge on any atom is 0.344 e. The number of hydrogen-bond acceptors (Lipinski definition) is 7. The molecule has 1 aliphatic rings. The third-order valence-electron chi connectivity index (χ3n) is 5.92. The van der Waals surface area contributed by atoms with Crippen molar-refractivity contribution >= 4 is 30.4 Å². The van der Waals surface area contributed by atoms with Gasteiger partial charge in [0.25, 0.3) is 5.91 Å². The smallest absolute Gasteiger partial charge is 0.344 e. The van der Waals surface area contributed by atoms with Gasteiger partial charge in [0.1, 0.15) is 11.4 Å². The van der Waals surface area contributed by atoms with Crippen LogP contribution in [0.25, 0.3) is 22.1 Å². The number of nitrogens with one attached hydrogen (secondary N) is 1. The van der Waals surface area contributed by atoms with Gasteiger partial charge in [0, 0.05) is 37.1 Å². The summed E-state index contributed by atoms with van der Waals surface area (Å²) in [5.41, 5.74) is 1.13. The van der Waals surface area contributed by atoms with Crippen molar-refractivity contribution in [2.24, 2.45) is 0 Å². The number of amides is 1. The van der Waals surface area contributed by atoms with E-state index in [0.717, 1.165) is 32.8 Å². The molecule has 1 aromatic heterocycles. The number of carbonyl (C=O) groups excluding carboxylic acids is 2. The molecule has 3 aromatic rings. The zero-order valence-corrected chi connectivity index (χ0v) is 18.6. The van der Waals surface area contributed by atoms with Crippen LogP contribution in [0.3, 0.4) is 0 Å². The number of ether oxygens (including phenoxy) is 1. The van der Waals surface area contributed by atoms with Crippen molar-refractivity contribution < 1.29 is 23.8 Å². The van der Waals surface area contributed by atoms with Crippen LogP contribution >= 0.6 is 0 Å². The Bertz CT molecular complexity index is 1260. The van der Waals surface area contributed by atoms with Crippen LogP contribution in [-0.2, 0) is 4.74 Å². The molecule has 1 amide bonds. The van der Waals surface area contributed by atoms with Crippen LogP contribution in [0.2, 0.25) is 0 Å². The first-order valence-corrected chi connectivity index (χ1v) is 10.9. The summed E-state index contributed by atoms with van der Waals surface area (Å²) in [4.78, 5) is 39.5. The Hall–Kier alpha value is -3.43. The van der Waals surface area contributed by atoms with E-state index in [2.05, 4.69) is 10.2 Å². The minimum Gasteiger partial charge on any atom is -0.507 e. The number of phenolic OH excluding ortho intramolecular Hbond substituents is 1. The zero-order valence-electron chi connectivity index (χ0n) is 18.6. The SMILES string of the molecule is BC(=O)c1c(O)ccc2c(C)c(-c3ccc(C(=O)NCCN4CCOCC4)cc3)c(=O)oc12. The number of aryl methyl sites for hydroxylation is 1. The Balaban J connectivity index is 1.55. The molecule has 170 valence electrons. The molecule has 0 spiro atoms. The van der Waals surface area contributed by atoms with Crippen molar-refractivity contribution in [3.05, 3.63) is 63.5 Å². The highest BCUT2D eigenvalue weighted by Crippen LogP contribution is 2.32. The Morgan fingerprint density at radius 1 is 1.12 bits per heavy atom. The van der Waals surface area contributed by atoms with E-state index < -0.39 is 11.3 Å². The first-order chi connectivity index (χ1) is 15.9. The predicted molar refractivity (Wildman–Crippen MR) is 127 cm³/mol. The third kappa shape index (κ3) is 4.69. The van der Waals surface area contributed by atoms with Gasteiger partial charge in [-0.2, -0.15) is 0 Å². The second kappa shape index (κ2) is 9.60. The van der Waals surface area contributed by atoms with Gasteiger partial charge in [-0.1, -0.05) is 12.1 Å². The first-order valence-electron chi connectivity index (χ1n) is 10.9. The number of rotatable bonds is 6. The van der Waals surface area contributed by atoms with E-state index in [1.54, 1.807) is 37.3 Å². The van der Waals surface area contributed by atoms with Gasteiger partial charge in [-0.25, -0.2) is 4.79 Å². The molecule has 1 aliphatic heterocycles. The summed E-state index contributed by atoms with van der Waals surface area (Å²) in [6.45, 7) is 6.24. The molecule has 2 aromatic carbocycles. The fourth-order valence-electron chi connectivity index (χ4n) is 4.12. The summed E-state index contributed by atoms with van der Waals surface area (Å²) >= 11 is 0. The Morgan fingerprint density at radius 2 is 1.82 bits per heavy atom. The molecular formula is C24H25BN2O6. The van der Waals surface area contributed by atoms with Gasteiger partial charge in [-0.05, 0) is 42.3 Å². The van der Waals surface area contributed by atoms with Crippen LogP contribution in [0.5, 0.6) is 5.75 Å². The fourth-order valence-corrected chi connectivity index (χ4v) is 4.12. The van der Waals surface area contributed by atoms with Gasteiger partial charge in [0.15, 0.2) is 13.4 Å². The van der Waals surface area contributed by atoms with E-state index in [9.17, 15) is 19.5 Å². The number of phenols is 1. The largest absolute Gasteiger partial charge is 0.507 e. The molecule has 4 rings (SSSR count). The molecular weight excluding hydrogens is 423 g/mol. The van der Waals surface area contributed by atoms with Crippen molar-refractivity contribution in [2.75, 3.05) is 39.4 Å². The molecule has 2 heterocycles. The minimum atomic E-state index is -0.615. The maximum atomic E-state index is 12.8. The van der Waals surface area contributed by atoms with Crippen molar-refractivity contribution in [2.45, 2.75) is 6.92 Å². The van der Waals surface area contributed by atoms with Crippen LogP contribution in [-0.4, -0.2) is 68.8 Å². The summed E-state index contributed by atoms with van der Waals surface area (Å²) in [6, 6.07) is 9.78. The monoisotopic (exact) mass is 448 g/mol. The average molecular weight is 448 g/mol. The molecule has 0 atom stereocenters. The van der Waals surface area contributed by atoms with Gasteiger partial charge >= 0.3 is 5.63 Å². The third-order valence-corrected chi connectivity index (χ3v) is 5.92. The quantitative estimate of drug-likeness (QED) is 0.432. The molecule has 2 N–H and O–H groups in total. The Morgan fingerprint density at radius 3 is 2.48 bits per heavy atom. The summed E-state index contributed by atoms with van der Waals surface area (Å²) in [7, 11) is 1.31. The topological polar surface area (TPSA) is 109 Å². The summed E-state index contributed by atoms with van der Waals surface area (Å²) < 4.78 is 10.8. The number of morpholine rings is 1. The van der Waals surface area contributed by atoms with Crippen molar-refractivity contribution in [3.8, 4) is 16.9 Å². The van der Waals surface area contributed by atoms with Crippen LogP contribution in [0.1, 0.15) is 26.3 Å². The molecule has 0 radical (unpaired) electrons. The first kappa shape index (κ1) is 22.8. The zero-order chi connectivity index (χ0) is 23.5. The molecule has 9 heteroatoms. The van der Waals surface area contributed by atoms with E-state index >= 15 is 0 Å². The van der Waals surface area contributed by atoms with Crippen molar-refractivity contribution in [3.63, 3.8) is 0 Å². The number of aromatic hydroxyl groups is 1. The number of carbonyl (C=O) groups is 2. The lowest BCUT2D eigenvalue weighted by Gasteiger charge is -2.26. The van der Waals surface area contributed by atoms with E-state index in [1.165, 1.54) is 13.9 Å². The van der Waals surface area contributed by atoms with Crippen LogP contribution in [0.4, 0.5) is 0 Å². The van der Waals surface area contributed by atoms with E-state index in [4.69, 9.17) is 9.15 Å².